The van der Waals surface area contributed by atoms with Crippen molar-refractivity contribution in [3.63, 3.8) is 0 Å². The Hall–Kier alpha value is -1.31. The van der Waals surface area contributed by atoms with Gasteiger partial charge in [0.2, 0.25) is 0 Å². The molecule has 0 spiro atoms. The molecule has 0 radical (unpaired) electrons. The van der Waals surface area contributed by atoms with E-state index in [1.165, 1.54) is 17.8 Å². The number of aliphatic hydroxyl groups excluding tert-OH is 3. The van der Waals surface area contributed by atoms with Crippen molar-refractivity contribution in [3.05, 3.63) is 63.9 Å². The summed E-state index contributed by atoms with van der Waals surface area (Å²) in [5.74, 6) is 0.142. The molecule has 1 heterocycles. The lowest BCUT2D eigenvalue weighted by Crippen LogP contribution is -2.42. The molecule has 3 rings (SSSR count). The van der Waals surface area contributed by atoms with Crippen LogP contribution < -0.4 is 4.74 Å². The highest BCUT2D eigenvalue weighted by Crippen LogP contribution is 2.43. The largest absolute Gasteiger partial charge is 0.494 e. The third kappa shape index (κ3) is 4.81. The maximum absolute atomic E-state index is 14.4. The maximum atomic E-state index is 14.4. The van der Waals surface area contributed by atoms with Crippen LogP contribution in [-0.2, 0) is 6.42 Å². The SMILES string of the molecule is CCOc1ccc(Cc2cc([C@H]3C[C@@H](O)[C@H](O)[C@@H](CO)S3)ccc2Cl)c(F)c1. The number of aliphatic hydroxyl groups is 3. The van der Waals surface area contributed by atoms with Gasteiger partial charge in [-0.1, -0.05) is 29.8 Å². The highest BCUT2D eigenvalue weighted by Gasteiger charge is 2.36. The average molecular weight is 427 g/mol. The summed E-state index contributed by atoms with van der Waals surface area (Å²) in [5, 5.41) is 29.6. The molecule has 1 aliphatic rings. The molecule has 28 heavy (non-hydrogen) atoms. The molecule has 152 valence electrons. The lowest BCUT2D eigenvalue weighted by molar-refractivity contribution is -0.000196. The number of rotatable bonds is 6. The molecule has 1 saturated heterocycles. The maximum Gasteiger partial charge on any atom is 0.130 e. The topological polar surface area (TPSA) is 69.9 Å². The van der Waals surface area contributed by atoms with Crippen LogP contribution in [0.25, 0.3) is 0 Å². The molecular formula is C21H24ClFO4S. The van der Waals surface area contributed by atoms with Gasteiger partial charge in [-0.2, -0.15) is 0 Å². The van der Waals surface area contributed by atoms with E-state index in [9.17, 15) is 19.7 Å². The molecule has 4 nitrogen and oxygen atoms in total. The fourth-order valence-corrected chi connectivity index (χ4v) is 5.03. The minimum Gasteiger partial charge on any atom is -0.494 e. The van der Waals surface area contributed by atoms with Gasteiger partial charge in [0.05, 0.1) is 30.7 Å². The molecule has 2 aromatic rings. The van der Waals surface area contributed by atoms with Crippen molar-refractivity contribution in [1.29, 1.82) is 0 Å². The third-order valence-corrected chi connectivity index (χ3v) is 6.85. The Morgan fingerprint density at radius 3 is 2.64 bits per heavy atom. The summed E-state index contributed by atoms with van der Waals surface area (Å²) in [7, 11) is 0. The molecule has 1 fully saturated rings. The quantitative estimate of drug-likeness (QED) is 0.656. The molecule has 4 atom stereocenters. The van der Waals surface area contributed by atoms with Crippen LogP contribution in [0.3, 0.4) is 0 Å². The van der Waals surface area contributed by atoms with Crippen LogP contribution in [0.1, 0.15) is 35.3 Å². The van der Waals surface area contributed by atoms with E-state index in [4.69, 9.17) is 16.3 Å². The van der Waals surface area contributed by atoms with Gasteiger partial charge in [-0.15, -0.1) is 11.8 Å². The van der Waals surface area contributed by atoms with E-state index in [2.05, 4.69) is 0 Å². The standard InChI is InChI=1S/C21H24ClFO4S/c1-2-27-15-5-3-12(17(23)9-15)7-14-8-13(4-6-16(14)22)19-10-18(25)21(26)20(11-24)28-19/h3-6,8-9,18-21,24-26H,2,7,10-11H2,1H3/t18-,19-,20-,21+/m1/s1. The molecule has 0 aliphatic carbocycles. The van der Waals surface area contributed by atoms with E-state index in [1.807, 2.05) is 19.1 Å². The van der Waals surface area contributed by atoms with Crippen molar-refractivity contribution >= 4 is 23.4 Å². The Balaban J connectivity index is 1.82. The van der Waals surface area contributed by atoms with Gasteiger partial charge in [0, 0.05) is 22.8 Å². The zero-order valence-electron chi connectivity index (χ0n) is 15.5. The molecule has 2 aromatic carbocycles. The van der Waals surface area contributed by atoms with Crippen molar-refractivity contribution in [1.82, 2.24) is 0 Å². The summed E-state index contributed by atoms with van der Waals surface area (Å²) in [6.45, 7) is 2.11. The first-order chi connectivity index (χ1) is 13.4. The van der Waals surface area contributed by atoms with Crippen LogP contribution in [-0.4, -0.2) is 46.0 Å². The Kier molecular flexibility index (Phi) is 7.23. The fraction of sp³-hybridized carbons (Fsp3) is 0.429. The van der Waals surface area contributed by atoms with E-state index < -0.39 is 17.5 Å². The summed E-state index contributed by atoms with van der Waals surface area (Å²) in [6, 6.07) is 10.4. The molecule has 0 unspecified atom stereocenters. The predicted octanol–water partition coefficient (Wildman–Crippen LogP) is 3.73. The zero-order valence-corrected chi connectivity index (χ0v) is 17.1. The van der Waals surface area contributed by atoms with Gasteiger partial charge in [0.25, 0.3) is 0 Å². The second-order valence-corrected chi connectivity index (χ2v) is 8.71. The van der Waals surface area contributed by atoms with E-state index in [0.29, 0.717) is 35.8 Å². The van der Waals surface area contributed by atoms with Crippen molar-refractivity contribution in [2.24, 2.45) is 0 Å². The summed E-state index contributed by atoms with van der Waals surface area (Å²) in [4.78, 5) is 0. The minimum absolute atomic E-state index is 0.0863. The molecular weight excluding hydrogens is 403 g/mol. The lowest BCUT2D eigenvalue weighted by atomic mass is 9.97. The second kappa shape index (κ2) is 9.46. The number of hydrogen-bond acceptors (Lipinski definition) is 5. The molecule has 0 aromatic heterocycles. The van der Waals surface area contributed by atoms with Crippen LogP contribution in [0.5, 0.6) is 5.75 Å². The molecule has 1 aliphatic heterocycles. The van der Waals surface area contributed by atoms with E-state index in [-0.39, 0.29) is 17.7 Å². The summed E-state index contributed by atoms with van der Waals surface area (Å²) in [6.07, 6.45) is -1.14. The number of benzene rings is 2. The van der Waals surface area contributed by atoms with Crippen molar-refractivity contribution in [2.75, 3.05) is 13.2 Å². The Labute approximate surface area is 173 Å². The molecule has 3 N–H and O–H groups in total. The normalized spacial score (nSPS) is 24.9. The molecule has 0 bridgehead atoms. The van der Waals surface area contributed by atoms with E-state index in [1.54, 1.807) is 18.2 Å². The third-order valence-electron chi connectivity index (χ3n) is 4.91. The average Bonchev–Trinajstić information content (AvgIpc) is 2.68. The van der Waals surface area contributed by atoms with Crippen molar-refractivity contribution in [3.8, 4) is 5.75 Å². The van der Waals surface area contributed by atoms with Crippen LogP contribution in [0, 0.1) is 5.82 Å². The first kappa shape index (κ1) is 21.4. The second-order valence-electron chi connectivity index (χ2n) is 6.85. The molecule has 7 heteroatoms. The highest BCUT2D eigenvalue weighted by molar-refractivity contribution is 8.00. The van der Waals surface area contributed by atoms with Crippen LogP contribution >= 0.6 is 23.4 Å². The first-order valence-electron chi connectivity index (χ1n) is 9.25. The minimum atomic E-state index is -0.948. The molecule has 0 amide bonds. The number of halogens is 2. The van der Waals surface area contributed by atoms with Gasteiger partial charge in [0.1, 0.15) is 11.6 Å². The van der Waals surface area contributed by atoms with Gasteiger partial charge in [-0.05, 0) is 42.2 Å². The summed E-state index contributed by atoms with van der Waals surface area (Å²) >= 11 is 7.78. The van der Waals surface area contributed by atoms with Gasteiger partial charge >= 0.3 is 0 Å². The summed E-state index contributed by atoms with van der Waals surface area (Å²) < 4.78 is 19.7. The van der Waals surface area contributed by atoms with E-state index >= 15 is 0 Å². The van der Waals surface area contributed by atoms with Gasteiger partial charge in [-0.3, -0.25) is 0 Å². The predicted molar refractivity (Wildman–Crippen MR) is 110 cm³/mol. The van der Waals surface area contributed by atoms with Gasteiger partial charge in [0.15, 0.2) is 0 Å². The number of thioether (sulfide) groups is 1. The van der Waals surface area contributed by atoms with Gasteiger partial charge < -0.3 is 20.1 Å². The van der Waals surface area contributed by atoms with Crippen molar-refractivity contribution in [2.45, 2.75) is 42.5 Å². The Morgan fingerprint density at radius 2 is 1.96 bits per heavy atom. The lowest BCUT2D eigenvalue weighted by Gasteiger charge is -2.36. The number of hydrogen-bond donors (Lipinski definition) is 3. The van der Waals surface area contributed by atoms with Crippen LogP contribution in [0.4, 0.5) is 4.39 Å². The smallest absolute Gasteiger partial charge is 0.130 e. The van der Waals surface area contributed by atoms with Crippen molar-refractivity contribution < 1.29 is 24.4 Å². The Bertz CT molecular complexity index is 819. The van der Waals surface area contributed by atoms with Crippen LogP contribution in [0.2, 0.25) is 5.02 Å². The first-order valence-corrected chi connectivity index (χ1v) is 10.6. The highest BCUT2D eigenvalue weighted by atomic mass is 35.5. The van der Waals surface area contributed by atoms with Gasteiger partial charge in [-0.25, -0.2) is 4.39 Å². The fourth-order valence-electron chi connectivity index (χ4n) is 3.38. The van der Waals surface area contributed by atoms with Crippen LogP contribution in [0.15, 0.2) is 36.4 Å². The van der Waals surface area contributed by atoms with E-state index in [0.717, 1.165) is 11.1 Å². The zero-order chi connectivity index (χ0) is 20.3. The Morgan fingerprint density at radius 1 is 1.18 bits per heavy atom. The summed E-state index contributed by atoms with van der Waals surface area (Å²) in [5.41, 5.74) is 2.23. The monoisotopic (exact) mass is 426 g/mol. The molecule has 0 saturated carbocycles. The number of ether oxygens (including phenoxy) is 1.